The lowest BCUT2D eigenvalue weighted by Gasteiger charge is -2.49. The molecule has 0 aromatic heterocycles. The average Bonchev–Trinajstić information content (AvgIpc) is 3.00. The third-order valence-corrected chi connectivity index (χ3v) is 5.84. The van der Waals surface area contributed by atoms with Gasteiger partial charge in [0.05, 0.1) is 11.7 Å². The number of piperazine rings is 1. The number of hydrogen-bond donors (Lipinski definition) is 1. The van der Waals surface area contributed by atoms with Gasteiger partial charge in [-0.05, 0) is 46.0 Å². The van der Waals surface area contributed by atoms with Crippen LogP contribution in [-0.2, 0) is 4.74 Å². The summed E-state index contributed by atoms with van der Waals surface area (Å²) >= 11 is 0. The molecule has 1 saturated carbocycles. The molecule has 1 spiro atoms. The van der Waals surface area contributed by atoms with E-state index >= 15 is 0 Å². The molecule has 3 fully saturated rings. The molecule has 0 radical (unpaired) electrons. The van der Waals surface area contributed by atoms with Gasteiger partial charge in [-0.2, -0.15) is 0 Å². The molecule has 3 rings (SSSR count). The predicted molar refractivity (Wildman–Crippen MR) is 83.0 cm³/mol. The van der Waals surface area contributed by atoms with Crippen molar-refractivity contribution >= 4 is 0 Å². The molecule has 2 unspecified atom stereocenters. The molecule has 1 aliphatic carbocycles. The van der Waals surface area contributed by atoms with E-state index in [9.17, 15) is 0 Å². The third-order valence-electron chi connectivity index (χ3n) is 5.84. The zero-order valence-electron chi connectivity index (χ0n) is 13.6. The monoisotopic (exact) mass is 280 g/mol. The Morgan fingerprint density at radius 2 is 1.95 bits per heavy atom. The van der Waals surface area contributed by atoms with Crippen molar-refractivity contribution in [2.75, 3.05) is 19.6 Å². The van der Waals surface area contributed by atoms with E-state index in [4.69, 9.17) is 4.74 Å². The Bertz CT molecular complexity index is 336. The Hall–Kier alpha value is -0.120. The van der Waals surface area contributed by atoms with E-state index in [-0.39, 0.29) is 5.60 Å². The van der Waals surface area contributed by atoms with Crippen LogP contribution >= 0.6 is 0 Å². The second kappa shape index (κ2) is 5.58. The molecule has 3 nitrogen and oxygen atoms in total. The van der Waals surface area contributed by atoms with Gasteiger partial charge in [-0.3, -0.25) is 4.90 Å². The maximum absolute atomic E-state index is 6.26. The molecule has 2 saturated heterocycles. The fraction of sp³-hybridized carbons (Fsp3) is 1.00. The number of ether oxygens (including phenoxy) is 1. The summed E-state index contributed by atoms with van der Waals surface area (Å²) in [5.74, 6) is 0. The molecule has 3 heteroatoms. The molecule has 116 valence electrons. The molecular formula is C17H32N2O. The van der Waals surface area contributed by atoms with Crippen LogP contribution < -0.4 is 5.32 Å². The molecule has 2 atom stereocenters. The number of nitrogens with zero attached hydrogens (tertiary/aromatic N) is 1. The fourth-order valence-electron chi connectivity index (χ4n) is 4.49. The van der Waals surface area contributed by atoms with E-state index in [1.165, 1.54) is 58.0 Å². The SMILES string of the molecule is CCC1CN(CC2CCC(C)(C)O2)C2(CCCC2)CN1. The summed E-state index contributed by atoms with van der Waals surface area (Å²) < 4.78 is 6.26. The van der Waals surface area contributed by atoms with Crippen LogP contribution in [0.4, 0.5) is 0 Å². The molecule has 3 aliphatic rings. The minimum Gasteiger partial charge on any atom is -0.371 e. The van der Waals surface area contributed by atoms with Crippen LogP contribution in [0, 0.1) is 0 Å². The van der Waals surface area contributed by atoms with Crippen molar-refractivity contribution in [3.8, 4) is 0 Å². The topological polar surface area (TPSA) is 24.5 Å². The predicted octanol–water partition coefficient (Wildman–Crippen LogP) is 2.94. The van der Waals surface area contributed by atoms with Crippen molar-refractivity contribution in [2.45, 2.75) is 89.0 Å². The van der Waals surface area contributed by atoms with Crippen molar-refractivity contribution in [1.82, 2.24) is 10.2 Å². The van der Waals surface area contributed by atoms with Gasteiger partial charge in [0.15, 0.2) is 0 Å². The summed E-state index contributed by atoms with van der Waals surface area (Å²) in [7, 11) is 0. The molecule has 1 N–H and O–H groups in total. The van der Waals surface area contributed by atoms with Gasteiger partial charge in [0.25, 0.3) is 0 Å². The molecular weight excluding hydrogens is 248 g/mol. The first-order chi connectivity index (χ1) is 9.53. The quantitative estimate of drug-likeness (QED) is 0.860. The highest BCUT2D eigenvalue weighted by Crippen LogP contribution is 2.39. The van der Waals surface area contributed by atoms with Crippen LogP contribution in [0.1, 0.15) is 65.7 Å². The first kappa shape index (κ1) is 14.8. The molecule has 0 aromatic carbocycles. The van der Waals surface area contributed by atoms with Gasteiger partial charge in [-0.25, -0.2) is 0 Å². The van der Waals surface area contributed by atoms with Gasteiger partial charge < -0.3 is 10.1 Å². The van der Waals surface area contributed by atoms with Crippen molar-refractivity contribution in [3.63, 3.8) is 0 Å². The lowest BCUT2D eigenvalue weighted by atomic mass is 9.90. The number of nitrogens with one attached hydrogen (secondary N) is 1. The highest BCUT2D eigenvalue weighted by Gasteiger charge is 2.45. The maximum atomic E-state index is 6.26. The highest BCUT2D eigenvalue weighted by molar-refractivity contribution is 5.02. The Balaban J connectivity index is 1.67. The third kappa shape index (κ3) is 2.90. The number of hydrogen-bond acceptors (Lipinski definition) is 3. The Labute approximate surface area is 124 Å². The summed E-state index contributed by atoms with van der Waals surface area (Å²) in [6.07, 6.45) is 9.73. The first-order valence-corrected chi connectivity index (χ1v) is 8.69. The fourth-order valence-corrected chi connectivity index (χ4v) is 4.49. The number of rotatable bonds is 3. The summed E-state index contributed by atoms with van der Waals surface area (Å²) in [6, 6.07) is 0.677. The molecule has 2 heterocycles. The summed E-state index contributed by atoms with van der Waals surface area (Å²) in [5, 5.41) is 3.79. The lowest BCUT2D eigenvalue weighted by molar-refractivity contribution is -0.0549. The van der Waals surface area contributed by atoms with Crippen molar-refractivity contribution in [2.24, 2.45) is 0 Å². The lowest BCUT2D eigenvalue weighted by Crippen LogP contribution is -2.64. The van der Waals surface area contributed by atoms with Crippen LogP contribution in [-0.4, -0.2) is 47.8 Å². The zero-order chi connectivity index (χ0) is 14.2. The van der Waals surface area contributed by atoms with Crippen molar-refractivity contribution < 1.29 is 4.74 Å². The zero-order valence-corrected chi connectivity index (χ0v) is 13.6. The average molecular weight is 280 g/mol. The van der Waals surface area contributed by atoms with Gasteiger partial charge in [0, 0.05) is 31.2 Å². The molecule has 0 aromatic rings. The van der Waals surface area contributed by atoms with Crippen LogP contribution in [0.3, 0.4) is 0 Å². The van der Waals surface area contributed by atoms with Crippen molar-refractivity contribution in [1.29, 1.82) is 0 Å². The van der Waals surface area contributed by atoms with Crippen LogP contribution in [0.25, 0.3) is 0 Å². The summed E-state index contributed by atoms with van der Waals surface area (Å²) in [6.45, 7) is 10.4. The molecule has 0 bridgehead atoms. The minimum atomic E-state index is 0.103. The van der Waals surface area contributed by atoms with E-state index < -0.39 is 0 Å². The first-order valence-electron chi connectivity index (χ1n) is 8.69. The van der Waals surface area contributed by atoms with Crippen LogP contribution in [0.15, 0.2) is 0 Å². The maximum Gasteiger partial charge on any atom is 0.0710 e. The van der Waals surface area contributed by atoms with E-state index in [1.54, 1.807) is 0 Å². The van der Waals surface area contributed by atoms with Gasteiger partial charge in [-0.1, -0.05) is 19.8 Å². The van der Waals surface area contributed by atoms with Gasteiger partial charge in [-0.15, -0.1) is 0 Å². The van der Waals surface area contributed by atoms with E-state index in [1.807, 2.05) is 0 Å². The normalized spacial score (nSPS) is 36.8. The summed E-state index contributed by atoms with van der Waals surface area (Å²) in [4.78, 5) is 2.80. The van der Waals surface area contributed by atoms with E-state index in [0.29, 0.717) is 17.7 Å². The Morgan fingerprint density at radius 1 is 1.20 bits per heavy atom. The van der Waals surface area contributed by atoms with Crippen molar-refractivity contribution in [3.05, 3.63) is 0 Å². The van der Waals surface area contributed by atoms with Crippen LogP contribution in [0.5, 0.6) is 0 Å². The van der Waals surface area contributed by atoms with E-state index in [0.717, 1.165) is 6.54 Å². The standard InChI is InChI=1S/C17H32N2O/c1-4-14-11-19(12-15-7-10-16(2,3)20-15)17(13-18-14)8-5-6-9-17/h14-15,18H,4-13H2,1-3H3. The Kier molecular flexibility index (Phi) is 4.13. The van der Waals surface area contributed by atoms with E-state index in [2.05, 4.69) is 31.0 Å². The van der Waals surface area contributed by atoms with Crippen LogP contribution in [0.2, 0.25) is 0 Å². The summed E-state index contributed by atoms with van der Waals surface area (Å²) in [5.41, 5.74) is 0.549. The second-order valence-electron chi connectivity index (χ2n) is 7.86. The molecule has 20 heavy (non-hydrogen) atoms. The molecule has 2 aliphatic heterocycles. The smallest absolute Gasteiger partial charge is 0.0710 e. The second-order valence-corrected chi connectivity index (χ2v) is 7.86. The van der Waals surface area contributed by atoms with Gasteiger partial charge >= 0.3 is 0 Å². The largest absolute Gasteiger partial charge is 0.371 e. The Morgan fingerprint density at radius 3 is 2.55 bits per heavy atom. The van der Waals surface area contributed by atoms with Gasteiger partial charge in [0.1, 0.15) is 0 Å². The molecule has 0 amide bonds. The minimum absolute atomic E-state index is 0.103. The highest BCUT2D eigenvalue weighted by atomic mass is 16.5. The van der Waals surface area contributed by atoms with Gasteiger partial charge in [0.2, 0.25) is 0 Å².